The molecular weight excluding hydrogens is 350 g/mol. The number of oxime groups is 1. The highest BCUT2D eigenvalue weighted by Crippen LogP contribution is 2.52. The van der Waals surface area contributed by atoms with Crippen LogP contribution in [0.1, 0.15) is 29.3 Å². The molecule has 1 heterocycles. The Balaban J connectivity index is 2.26. The summed E-state index contributed by atoms with van der Waals surface area (Å²) < 4.78 is 16.6. The fraction of sp³-hybridized carbons (Fsp3) is 0.353. The zero-order chi connectivity index (χ0) is 18.4. The molecule has 1 aromatic carbocycles. The Hall–Kier alpha value is -2.54. The summed E-state index contributed by atoms with van der Waals surface area (Å²) >= 11 is 6.33. The third kappa shape index (κ3) is 2.30. The average molecular weight is 366 g/mol. The number of methoxy groups -OCH3 is 2. The minimum atomic E-state index is -1.48. The summed E-state index contributed by atoms with van der Waals surface area (Å²) in [7, 11) is 2.78. The second kappa shape index (κ2) is 6.07. The van der Waals surface area contributed by atoms with Gasteiger partial charge in [-0.05, 0) is 6.07 Å². The maximum absolute atomic E-state index is 13.3. The number of ether oxygens (including phenoxy) is 3. The van der Waals surface area contributed by atoms with Crippen molar-refractivity contribution in [2.75, 3.05) is 14.2 Å². The Morgan fingerprint density at radius 2 is 2.12 bits per heavy atom. The van der Waals surface area contributed by atoms with Gasteiger partial charge < -0.3 is 19.4 Å². The number of benzene rings is 1. The highest BCUT2D eigenvalue weighted by atomic mass is 35.5. The minimum Gasteiger partial charge on any atom is -0.496 e. The quantitative estimate of drug-likeness (QED) is 0.502. The molecule has 1 aliphatic carbocycles. The standard InChI is InChI=1S/C17H16ClNO6/c1-8-4-10(20)6-12(24-3)17(8)16(21)13-11(23-2)5-9(7-19-22)14(18)15(13)25-17/h5-8,22H,4H2,1-3H3/b19-7+/t8-,17+/m1/s1. The Morgan fingerprint density at radius 3 is 2.72 bits per heavy atom. The molecule has 0 bridgehead atoms. The van der Waals surface area contributed by atoms with Crippen LogP contribution in [0.4, 0.5) is 0 Å². The fourth-order valence-electron chi connectivity index (χ4n) is 3.35. The van der Waals surface area contributed by atoms with Crippen molar-refractivity contribution in [3.8, 4) is 11.5 Å². The van der Waals surface area contributed by atoms with E-state index in [-0.39, 0.29) is 45.8 Å². The van der Waals surface area contributed by atoms with E-state index < -0.39 is 11.5 Å². The van der Waals surface area contributed by atoms with Gasteiger partial charge in [-0.2, -0.15) is 0 Å². The number of carbonyl (C=O) groups is 2. The van der Waals surface area contributed by atoms with Gasteiger partial charge in [0.15, 0.2) is 17.3 Å². The number of nitrogens with zero attached hydrogens (tertiary/aromatic N) is 1. The summed E-state index contributed by atoms with van der Waals surface area (Å²) in [6.45, 7) is 1.74. The monoisotopic (exact) mass is 365 g/mol. The molecule has 0 fully saturated rings. The van der Waals surface area contributed by atoms with Crippen molar-refractivity contribution >= 4 is 29.4 Å². The molecule has 0 saturated carbocycles. The molecule has 7 nitrogen and oxygen atoms in total. The average Bonchev–Trinajstić information content (AvgIpc) is 2.89. The number of hydrogen-bond acceptors (Lipinski definition) is 7. The van der Waals surface area contributed by atoms with Crippen LogP contribution in [0.25, 0.3) is 0 Å². The largest absolute Gasteiger partial charge is 0.496 e. The first kappa shape index (κ1) is 17.3. The predicted octanol–water partition coefficient (Wildman–Crippen LogP) is 2.61. The molecule has 132 valence electrons. The van der Waals surface area contributed by atoms with Gasteiger partial charge in [-0.15, -0.1) is 0 Å². The highest BCUT2D eigenvalue weighted by Gasteiger charge is 2.59. The number of carbonyl (C=O) groups excluding carboxylic acids is 2. The summed E-state index contributed by atoms with van der Waals surface area (Å²) in [5.41, 5.74) is -0.976. The first-order chi connectivity index (χ1) is 11.9. The van der Waals surface area contributed by atoms with E-state index in [4.69, 9.17) is 31.0 Å². The van der Waals surface area contributed by atoms with Crippen LogP contribution in [0, 0.1) is 5.92 Å². The van der Waals surface area contributed by atoms with Crippen molar-refractivity contribution in [1.29, 1.82) is 0 Å². The van der Waals surface area contributed by atoms with Gasteiger partial charge in [0.1, 0.15) is 11.3 Å². The molecule has 3 rings (SSSR count). The number of allylic oxidation sites excluding steroid dienone is 1. The number of hydrogen-bond donors (Lipinski definition) is 1. The maximum Gasteiger partial charge on any atom is 0.231 e. The number of fused-ring (bicyclic) bond motifs is 1. The van der Waals surface area contributed by atoms with Crippen LogP contribution in [-0.4, -0.2) is 42.8 Å². The van der Waals surface area contributed by atoms with Gasteiger partial charge in [0.05, 0.1) is 25.5 Å². The summed E-state index contributed by atoms with van der Waals surface area (Å²) in [6.07, 6.45) is 2.53. The third-order valence-corrected chi connectivity index (χ3v) is 4.93. The molecule has 0 amide bonds. The molecule has 8 heteroatoms. The molecular formula is C17H16ClNO6. The molecule has 0 aromatic heterocycles. The van der Waals surface area contributed by atoms with Crippen molar-refractivity contribution in [1.82, 2.24) is 0 Å². The maximum atomic E-state index is 13.3. The molecule has 2 aliphatic rings. The van der Waals surface area contributed by atoms with E-state index in [2.05, 4.69) is 5.16 Å². The Morgan fingerprint density at radius 1 is 1.40 bits per heavy atom. The fourth-order valence-corrected chi connectivity index (χ4v) is 3.58. The van der Waals surface area contributed by atoms with Crippen molar-refractivity contribution in [2.45, 2.75) is 18.9 Å². The second-order valence-electron chi connectivity index (χ2n) is 5.88. The minimum absolute atomic E-state index is 0.110. The van der Waals surface area contributed by atoms with E-state index in [1.807, 2.05) is 0 Å². The third-order valence-electron chi connectivity index (χ3n) is 4.54. The van der Waals surface area contributed by atoms with Gasteiger partial charge >= 0.3 is 0 Å². The van der Waals surface area contributed by atoms with E-state index in [0.717, 1.165) is 6.21 Å². The number of rotatable bonds is 3. The van der Waals surface area contributed by atoms with E-state index in [1.54, 1.807) is 6.92 Å². The van der Waals surface area contributed by atoms with E-state index in [1.165, 1.54) is 26.4 Å². The van der Waals surface area contributed by atoms with Crippen molar-refractivity contribution in [2.24, 2.45) is 11.1 Å². The normalized spacial score (nSPS) is 25.1. The van der Waals surface area contributed by atoms with Gasteiger partial charge in [-0.1, -0.05) is 23.7 Å². The highest BCUT2D eigenvalue weighted by molar-refractivity contribution is 6.36. The summed E-state index contributed by atoms with van der Waals surface area (Å²) in [5, 5.41) is 11.9. The molecule has 2 atom stereocenters. The van der Waals surface area contributed by atoms with Crippen LogP contribution >= 0.6 is 11.6 Å². The first-order valence-electron chi connectivity index (χ1n) is 7.51. The molecule has 1 spiro atoms. The van der Waals surface area contributed by atoms with Crippen LogP contribution in [0.3, 0.4) is 0 Å². The lowest BCUT2D eigenvalue weighted by molar-refractivity contribution is -0.118. The van der Waals surface area contributed by atoms with Gasteiger partial charge in [0, 0.05) is 24.0 Å². The zero-order valence-electron chi connectivity index (χ0n) is 13.8. The van der Waals surface area contributed by atoms with Crippen LogP contribution in [0.15, 0.2) is 23.1 Å². The molecule has 0 unspecified atom stereocenters. The van der Waals surface area contributed by atoms with Gasteiger partial charge in [0.2, 0.25) is 11.4 Å². The van der Waals surface area contributed by atoms with Crippen molar-refractivity contribution in [3.05, 3.63) is 34.1 Å². The molecule has 1 aliphatic heterocycles. The van der Waals surface area contributed by atoms with E-state index in [0.29, 0.717) is 5.56 Å². The SMILES string of the molecule is COC1=CC(=O)C[C@@H](C)[C@]12Oc1c(Cl)c(/C=N/O)cc(OC)c1C2=O. The van der Waals surface area contributed by atoms with Gasteiger partial charge in [-0.3, -0.25) is 9.59 Å². The summed E-state index contributed by atoms with van der Waals surface area (Å²) in [6, 6.07) is 1.48. The van der Waals surface area contributed by atoms with Crippen molar-refractivity contribution < 1.29 is 29.0 Å². The van der Waals surface area contributed by atoms with Gasteiger partial charge in [0.25, 0.3) is 0 Å². The zero-order valence-corrected chi connectivity index (χ0v) is 14.6. The Labute approximate surface area is 148 Å². The van der Waals surface area contributed by atoms with Crippen LogP contribution < -0.4 is 9.47 Å². The lowest BCUT2D eigenvalue weighted by atomic mass is 9.75. The van der Waals surface area contributed by atoms with E-state index >= 15 is 0 Å². The Bertz CT molecular complexity index is 831. The van der Waals surface area contributed by atoms with Crippen LogP contribution in [0.2, 0.25) is 5.02 Å². The summed E-state index contributed by atoms with van der Waals surface area (Å²) in [4.78, 5) is 25.2. The lowest BCUT2D eigenvalue weighted by Crippen LogP contribution is -2.51. The molecule has 1 N–H and O–H groups in total. The van der Waals surface area contributed by atoms with E-state index in [9.17, 15) is 9.59 Å². The predicted molar refractivity (Wildman–Crippen MR) is 89.0 cm³/mol. The summed E-state index contributed by atoms with van der Waals surface area (Å²) in [5.74, 6) is -0.514. The molecule has 25 heavy (non-hydrogen) atoms. The Kier molecular flexibility index (Phi) is 4.20. The van der Waals surface area contributed by atoms with Crippen molar-refractivity contribution in [3.63, 3.8) is 0 Å². The number of halogens is 1. The number of ketones is 2. The van der Waals surface area contributed by atoms with Crippen LogP contribution in [0.5, 0.6) is 11.5 Å². The molecule has 1 aromatic rings. The topological polar surface area (TPSA) is 94.4 Å². The molecule has 0 radical (unpaired) electrons. The molecule has 0 saturated heterocycles. The number of Topliss-reactive ketones (excluding diaryl/α,β-unsaturated/α-hetero) is 1. The smallest absolute Gasteiger partial charge is 0.231 e. The van der Waals surface area contributed by atoms with Gasteiger partial charge in [-0.25, -0.2) is 0 Å². The van der Waals surface area contributed by atoms with Crippen LogP contribution in [-0.2, 0) is 9.53 Å². The second-order valence-corrected chi connectivity index (χ2v) is 6.26. The lowest BCUT2D eigenvalue weighted by Gasteiger charge is -2.36. The first-order valence-corrected chi connectivity index (χ1v) is 7.89.